The molecule has 0 radical (unpaired) electrons. The molecule has 0 amide bonds. The van der Waals surface area contributed by atoms with E-state index in [2.05, 4.69) is 46.3 Å². The van der Waals surface area contributed by atoms with E-state index in [0.29, 0.717) is 0 Å². The van der Waals surface area contributed by atoms with E-state index < -0.39 is 0 Å². The van der Waals surface area contributed by atoms with Crippen molar-refractivity contribution in [2.24, 2.45) is 4.99 Å². The van der Waals surface area contributed by atoms with E-state index in [1.54, 1.807) is 0 Å². The fraction of sp³-hybridized carbons (Fsp3) is 0.870. The third-order valence-electron chi connectivity index (χ3n) is 1.82. The van der Waals surface area contributed by atoms with Gasteiger partial charge in [0.05, 0.1) is 0 Å². The van der Waals surface area contributed by atoms with Crippen LogP contribution in [-0.4, -0.2) is 6.72 Å². The minimum Gasteiger partial charge on any atom is -0.269 e. The summed E-state index contributed by atoms with van der Waals surface area (Å²) in [5.41, 5.74) is 1.12. The molecule has 0 rings (SSSR count). The van der Waals surface area contributed by atoms with Crippen LogP contribution in [0.25, 0.3) is 0 Å². The highest BCUT2D eigenvalue weighted by Gasteiger charge is 1.88. The molecular weight excluding hydrogens is 290 g/mol. The first kappa shape index (κ1) is 43.7. The third-order valence-corrected chi connectivity index (χ3v) is 1.82. The standard InChI is InChI=1S/C8H15N.C4H10.C3H8.4C2H6/c1-4-6-7-8(5-2)9-3;1-3-4-2;1-3-2;4*1-2/h5H,3-4,6-7H2,1-2H3;3-4H2,1-2H3;3H2,1-2H3;4*1-2H3/b8-5-;;;;;;. The summed E-state index contributed by atoms with van der Waals surface area (Å²) in [6, 6.07) is 0. The Morgan fingerprint density at radius 3 is 1.12 bits per heavy atom. The Bertz CT molecular complexity index is 135. The lowest BCUT2D eigenvalue weighted by Gasteiger charge is -1.95. The van der Waals surface area contributed by atoms with Crippen LogP contribution in [0.4, 0.5) is 0 Å². The van der Waals surface area contributed by atoms with Gasteiger partial charge >= 0.3 is 0 Å². The van der Waals surface area contributed by atoms with Crippen molar-refractivity contribution < 1.29 is 0 Å². The van der Waals surface area contributed by atoms with Crippen LogP contribution in [0.5, 0.6) is 0 Å². The molecule has 0 fully saturated rings. The lowest BCUT2D eigenvalue weighted by Crippen LogP contribution is -1.76. The molecule has 0 aliphatic rings. The van der Waals surface area contributed by atoms with E-state index in [0.717, 1.165) is 12.1 Å². The van der Waals surface area contributed by atoms with Crippen molar-refractivity contribution in [3.63, 3.8) is 0 Å². The smallest absolute Gasteiger partial charge is 0.0353 e. The molecule has 154 valence electrons. The van der Waals surface area contributed by atoms with E-state index in [-0.39, 0.29) is 0 Å². The van der Waals surface area contributed by atoms with Crippen molar-refractivity contribution in [3.8, 4) is 0 Å². The van der Waals surface area contributed by atoms with Gasteiger partial charge in [-0.15, -0.1) is 0 Å². The van der Waals surface area contributed by atoms with Crippen LogP contribution >= 0.6 is 0 Å². The Labute approximate surface area is 159 Å². The van der Waals surface area contributed by atoms with Crippen molar-refractivity contribution >= 4 is 6.72 Å². The minimum absolute atomic E-state index is 1.08. The van der Waals surface area contributed by atoms with Crippen LogP contribution in [0.3, 0.4) is 0 Å². The van der Waals surface area contributed by atoms with Crippen LogP contribution in [0.2, 0.25) is 0 Å². The van der Waals surface area contributed by atoms with Gasteiger partial charge in [-0.2, -0.15) is 0 Å². The molecule has 0 bridgehead atoms. The quantitative estimate of drug-likeness (QED) is 0.438. The molecule has 1 heteroatoms. The first-order valence-corrected chi connectivity index (χ1v) is 10.8. The number of nitrogens with zero attached hydrogens (tertiary/aromatic N) is 1. The molecule has 0 unspecified atom stereocenters. The second-order valence-electron chi connectivity index (χ2n) is 3.75. The number of rotatable bonds is 5. The van der Waals surface area contributed by atoms with Crippen molar-refractivity contribution in [1.29, 1.82) is 0 Å². The number of unbranched alkanes of at least 4 members (excludes halogenated alkanes) is 2. The number of allylic oxidation sites excluding steroid dienone is 2. The van der Waals surface area contributed by atoms with Crippen molar-refractivity contribution in [3.05, 3.63) is 11.8 Å². The highest BCUT2D eigenvalue weighted by Crippen LogP contribution is 2.06. The average molecular weight is 348 g/mol. The Hall–Kier alpha value is -0.590. The predicted octanol–water partition coefficient (Wildman–Crippen LogP) is 10.1. The molecule has 0 aliphatic carbocycles. The molecule has 1 nitrogen and oxygen atoms in total. The van der Waals surface area contributed by atoms with E-state index in [1.165, 1.54) is 32.1 Å². The summed E-state index contributed by atoms with van der Waals surface area (Å²) < 4.78 is 0. The monoisotopic (exact) mass is 347 g/mol. The maximum atomic E-state index is 3.86. The Kier molecular flexibility index (Phi) is 172. The number of hydrogen-bond donors (Lipinski definition) is 0. The van der Waals surface area contributed by atoms with E-state index in [9.17, 15) is 0 Å². The normalized spacial score (nSPS) is 7.33. The van der Waals surface area contributed by atoms with Crippen LogP contribution < -0.4 is 0 Å². The van der Waals surface area contributed by atoms with Crippen LogP contribution in [0.1, 0.15) is 135 Å². The molecule has 0 atom stereocenters. The third kappa shape index (κ3) is 126. The molecule has 0 spiro atoms. The number of aliphatic imine (C=N–C) groups is 1. The van der Waals surface area contributed by atoms with Crippen LogP contribution in [-0.2, 0) is 0 Å². The molecule has 0 aliphatic heterocycles. The van der Waals surface area contributed by atoms with Gasteiger partial charge in [-0.3, -0.25) is 4.99 Å². The Morgan fingerprint density at radius 1 is 0.708 bits per heavy atom. The molecule has 0 saturated carbocycles. The first-order valence-electron chi connectivity index (χ1n) is 10.8. The van der Waals surface area contributed by atoms with E-state index in [4.69, 9.17) is 0 Å². The first-order chi connectivity index (χ1) is 11.7. The summed E-state index contributed by atoms with van der Waals surface area (Å²) in [6.07, 6.45) is 9.44. The zero-order valence-corrected chi connectivity index (χ0v) is 20.5. The largest absolute Gasteiger partial charge is 0.269 e. The molecule has 0 N–H and O–H groups in total. The fourth-order valence-electron chi connectivity index (χ4n) is 0.673. The molecule has 24 heavy (non-hydrogen) atoms. The summed E-state index contributed by atoms with van der Waals surface area (Å²) >= 11 is 0. The summed E-state index contributed by atoms with van der Waals surface area (Å²) in [5, 5.41) is 0. The van der Waals surface area contributed by atoms with Crippen molar-refractivity contribution in [2.75, 3.05) is 0 Å². The Morgan fingerprint density at radius 2 is 1.00 bits per heavy atom. The number of hydrogen-bond acceptors (Lipinski definition) is 1. The topological polar surface area (TPSA) is 12.4 Å². The zero-order chi connectivity index (χ0) is 21.2. The van der Waals surface area contributed by atoms with Gasteiger partial charge in [0.2, 0.25) is 0 Å². The lowest BCUT2D eigenvalue weighted by molar-refractivity contribution is 0.781. The summed E-state index contributed by atoms with van der Waals surface area (Å²) in [6.45, 7) is 32.3. The van der Waals surface area contributed by atoms with Crippen molar-refractivity contribution in [1.82, 2.24) is 0 Å². The van der Waals surface area contributed by atoms with E-state index >= 15 is 0 Å². The summed E-state index contributed by atoms with van der Waals surface area (Å²) in [5.74, 6) is 0. The molecule has 0 aromatic carbocycles. The van der Waals surface area contributed by atoms with Crippen LogP contribution in [0, 0.1) is 0 Å². The second-order valence-corrected chi connectivity index (χ2v) is 3.75. The molecule has 0 heterocycles. The molecule has 0 aromatic rings. The second kappa shape index (κ2) is 94.8. The maximum absolute atomic E-state index is 3.86. The highest BCUT2D eigenvalue weighted by atomic mass is 14.7. The molecule has 0 aromatic heterocycles. The molecular formula is C23H57N. The highest BCUT2D eigenvalue weighted by molar-refractivity contribution is 5.28. The summed E-state index contributed by atoms with van der Waals surface area (Å²) in [4.78, 5) is 3.86. The van der Waals surface area contributed by atoms with Gasteiger partial charge in [0.25, 0.3) is 0 Å². The van der Waals surface area contributed by atoms with Gasteiger partial charge in [-0.05, 0) is 26.5 Å². The zero-order valence-electron chi connectivity index (χ0n) is 20.5. The van der Waals surface area contributed by atoms with Gasteiger partial charge in [0.1, 0.15) is 0 Å². The Balaban J connectivity index is -0.0000000327. The van der Waals surface area contributed by atoms with E-state index in [1.807, 2.05) is 68.4 Å². The fourth-order valence-corrected chi connectivity index (χ4v) is 0.673. The molecule has 0 saturated heterocycles. The van der Waals surface area contributed by atoms with Gasteiger partial charge in [-0.25, -0.2) is 0 Å². The van der Waals surface area contributed by atoms with Gasteiger partial charge < -0.3 is 0 Å². The predicted molar refractivity (Wildman–Crippen MR) is 125 cm³/mol. The SMILES string of the molecule is C=N/C(=C\C)CCCC.CC.CC.CC.CC.CCC.CCCC. The van der Waals surface area contributed by atoms with Crippen LogP contribution in [0.15, 0.2) is 16.8 Å². The van der Waals surface area contributed by atoms with Gasteiger partial charge in [0.15, 0.2) is 0 Å². The average Bonchev–Trinajstić information content (AvgIpc) is 2.70. The maximum Gasteiger partial charge on any atom is 0.0353 e. The summed E-state index contributed by atoms with van der Waals surface area (Å²) in [7, 11) is 0. The van der Waals surface area contributed by atoms with Gasteiger partial charge in [0, 0.05) is 5.70 Å². The minimum atomic E-state index is 1.08. The van der Waals surface area contributed by atoms with Gasteiger partial charge in [-0.1, -0.05) is 122 Å². The van der Waals surface area contributed by atoms with Crippen molar-refractivity contribution in [2.45, 2.75) is 135 Å². The lowest BCUT2D eigenvalue weighted by atomic mass is 10.2.